The molecule has 0 bridgehead atoms. The Morgan fingerprint density at radius 2 is 1.96 bits per heavy atom. The number of carbonyl (C=O) groups excluding carboxylic acids is 2. The number of nitrogens with zero attached hydrogens (tertiary/aromatic N) is 2. The number of hydrogen-bond acceptors (Lipinski definition) is 4. The molecule has 138 valence electrons. The molecule has 1 aliphatic heterocycles. The number of nitrogens with one attached hydrogen (secondary N) is 2. The summed E-state index contributed by atoms with van der Waals surface area (Å²) in [4.78, 5) is 30.0. The largest absolute Gasteiger partial charge is 0.418 e. The van der Waals surface area contributed by atoms with Gasteiger partial charge in [-0.15, -0.1) is 0 Å². The minimum Gasteiger partial charge on any atom is -0.319 e. The maximum atomic E-state index is 13.0. The lowest BCUT2D eigenvalue weighted by Gasteiger charge is -2.26. The molecule has 1 aromatic carbocycles. The summed E-state index contributed by atoms with van der Waals surface area (Å²) in [5, 5.41) is 5.38. The molecule has 10 heteroatoms. The van der Waals surface area contributed by atoms with Gasteiger partial charge in [0.15, 0.2) is 5.13 Å². The molecule has 1 aromatic heterocycles. The number of urea groups is 1. The van der Waals surface area contributed by atoms with Crippen molar-refractivity contribution >= 4 is 34.1 Å². The van der Waals surface area contributed by atoms with Gasteiger partial charge in [-0.2, -0.15) is 13.2 Å². The Bertz CT molecular complexity index is 850. The Morgan fingerprint density at radius 1 is 1.23 bits per heavy atom. The maximum Gasteiger partial charge on any atom is 0.418 e. The Kier molecular flexibility index (Phi) is 4.86. The molecule has 26 heavy (non-hydrogen) atoms. The summed E-state index contributed by atoms with van der Waals surface area (Å²) in [5.74, 6) is -0.241. The van der Waals surface area contributed by atoms with E-state index in [0.29, 0.717) is 18.1 Å². The van der Waals surface area contributed by atoms with Crippen molar-refractivity contribution in [1.29, 1.82) is 0 Å². The summed E-state index contributed by atoms with van der Waals surface area (Å²) in [6.45, 7) is 1.93. The van der Waals surface area contributed by atoms with E-state index in [9.17, 15) is 22.8 Å². The second-order valence-electron chi connectivity index (χ2n) is 5.72. The third kappa shape index (κ3) is 3.96. The van der Waals surface area contributed by atoms with Gasteiger partial charge in [0.1, 0.15) is 0 Å². The highest BCUT2D eigenvalue weighted by molar-refractivity contribution is 7.15. The fourth-order valence-electron chi connectivity index (χ4n) is 2.61. The predicted octanol–water partition coefficient (Wildman–Crippen LogP) is 3.71. The first-order valence-electron chi connectivity index (χ1n) is 7.72. The van der Waals surface area contributed by atoms with Crippen LogP contribution >= 0.6 is 11.3 Å². The van der Waals surface area contributed by atoms with Gasteiger partial charge in [-0.25, -0.2) is 9.78 Å². The van der Waals surface area contributed by atoms with Crippen LogP contribution in [0.2, 0.25) is 0 Å². The molecule has 0 saturated carbocycles. The van der Waals surface area contributed by atoms with Crippen LogP contribution in [0.25, 0.3) is 0 Å². The number of aromatic nitrogens is 1. The first-order chi connectivity index (χ1) is 12.2. The molecule has 0 unspecified atom stereocenters. The molecule has 3 amide bonds. The smallest absolute Gasteiger partial charge is 0.319 e. The van der Waals surface area contributed by atoms with E-state index >= 15 is 0 Å². The van der Waals surface area contributed by atoms with Gasteiger partial charge in [0.05, 0.1) is 23.5 Å². The number of halogens is 3. The van der Waals surface area contributed by atoms with E-state index in [1.165, 1.54) is 41.4 Å². The average Bonchev–Trinajstić information content (AvgIpc) is 2.94. The van der Waals surface area contributed by atoms with Crippen LogP contribution in [0.3, 0.4) is 0 Å². The maximum absolute atomic E-state index is 13.0. The zero-order valence-electron chi connectivity index (χ0n) is 13.7. The van der Waals surface area contributed by atoms with E-state index in [1.807, 2.05) is 0 Å². The molecule has 0 radical (unpaired) electrons. The third-order valence-electron chi connectivity index (χ3n) is 3.78. The number of alkyl halides is 3. The molecule has 2 heterocycles. The van der Waals surface area contributed by atoms with E-state index in [1.54, 1.807) is 0 Å². The van der Waals surface area contributed by atoms with Crippen molar-refractivity contribution in [3.8, 4) is 0 Å². The van der Waals surface area contributed by atoms with Gasteiger partial charge in [-0.1, -0.05) is 23.5 Å². The van der Waals surface area contributed by atoms with Gasteiger partial charge < -0.3 is 15.5 Å². The molecule has 6 nitrogen and oxygen atoms in total. The van der Waals surface area contributed by atoms with Gasteiger partial charge in [-0.3, -0.25) is 4.79 Å². The zero-order chi connectivity index (χ0) is 18.9. The van der Waals surface area contributed by atoms with Crippen LogP contribution in [-0.4, -0.2) is 28.4 Å². The molecule has 0 atom stereocenters. The second-order valence-corrected chi connectivity index (χ2v) is 6.80. The summed E-state index contributed by atoms with van der Waals surface area (Å²) < 4.78 is 39.1. The van der Waals surface area contributed by atoms with Crippen molar-refractivity contribution in [3.63, 3.8) is 0 Å². The Balaban J connectivity index is 1.73. The quantitative estimate of drug-likeness (QED) is 0.829. The number of fused-ring (bicyclic) bond motifs is 1. The van der Waals surface area contributed by atoms with E-state index in [0.717, 1.165) is 16.6 Å². The average molecular weight is 384 g/mol. The first-order valence-corrected chi connectivity index (χ1v) is 8.54. The van der Waals surface area contributed by atoms with Crippen LogP contribution in [0.5, 0.6) is 0 Å². The van der Waals surface area contributed by atoms with Crippen molar-refractivity contribution in [2.24, 2.45) is 0 Å². The lowest BCUT2D eigenvalue weighted by molar-refractivity contribution is -0.136. The lowest BCUT2D eigenvalue weighted by atomic mass is 10.1. The van der Waals surface area contributed by atoms with Crippen molar-refractivity contribution < 1.29 is 22.8 Å². The fourth-order valence-corrected chi connectivity index (χ4v) is 3.68. The molecule has 2 aromatic rings. The molecule has 0 fully saturated rings. The minimum atomic E-state index is -4.55. The third-order valence-corrected chi connectivity index (χ3v) is 4.77. The molecular weight excluding hydrogens is 369 g/mol. The van der Waals surface area contributed by atoms with E-state index in [2.05, 4.69) is 15.6 Å². The van der Waals surface area contributed by atoms with Gasteiger partial charge in [0, 0.05) is 24.8 Å². The Labute approximate surface area is 151 Å². The summed E-state index contributed by atoms with van der Waals surface area (Å²) >= 11 is 1.25. The predicted molar refractivity (Wildman–Crippen MR) is 91.0 cm³/mol. The molecule has 1 aliphatic rings. The van der Waals surface area contributed by atoms with Crippen LogP contribution in [0.4, 0.5) is 28.8 Å². The lowest BCUT2D eigenvalue weighted by Crippen LogP contribution is -2.38. The number of carbonyl (C=O) groups is 2. The summed E-state index contributed by atoms with van der Waals surface area (Å²) in [7, 11) is 0. The summed E-state index contributed by atoms with van der Waals surface area (Å²) in [6, 6.07) is 4.24. The SMILES string of the molecule is CC(=O)Nc1nc2c(s1)CN(C(=O)Nc1ccccc1C(F)(F)F)CC2. The second kappa shape index (κ2) is 6.94. The highest BCUT2D eigenvalue weighted by atomic mass is 32.1. The molecule has 0 aliphatic carbocycles. The van der Waals surface area contributed by atoms with Gasteiger partial charge in [0.2, 0.25) is 5.91 Å². The van der Waals surface area contributed by atoms with E-state index in [-0.39, 0.29) is 18.1 Å². The van der Waals surface area contributed by atoms with Crippen LogP contribution < -0.4 is 10.6 Å². The Morgan fingerprint density at radius 3 is 2.65 bits per heavy atom. The van der Waals surface area contributed by atoms with E-state index in [4.69, 9.17) is 0 Å². The fraction of sp³-hybridized carbons (Fsp3) is 0.312. The number of hydrogen-bond donors (Lipinski definition) is 2. The molecular formula is C16H15F3N4O2S. The van der Waals surface area contributed by atoms with Crippen molar-refractivity contribution in [2.75, 3.05) is 17.2 Å². The highest BCUT2D eigenvalue weighted by Crippen LogP contribution is 2.35. The molecule has 2 N–H and O–H groups in total. The standard InChI is InChI=1S/C16H15F3N4O2S/c1-9(24)20-14-21-12-6-7-23(8-13(12)26-14)15(25)22-11-5-3-2-4-10(11)16(17,18)19/h2-5H,6-8H2,1H3,(H,22,25)(H,20,21,24). The van der Waals surface area contributed by atoms with Crippen molar-refractivity contribution in [3.05, 3.63) is 40.4 Å². The van der Waals surface area contributed by atoms with Crippen LogP contribution in [0.1, 0.15) is 23.1 Å². The number of thiazole rings is 1. The highest BCUT2D eigenvalue weighted by Gasteiger charge is 2.34. The minimum absolute atomic E-state index is 0.229. The van der Waals surface area contributed by atoms with Crippen LogP contribution in [-0.2, 0) is 23.9 Å². The first kappa shape index (κ1) is 18.2. The number of para-hydroxylation sites is 1. The van der Waals surface area contributed by atoms with Crippen molar-refractivity contribution in [2.45, 2.75) is 26.1 Å². The van der Waals surface area contributed by atoms with Crippen LogP contribution in [0, 0.1) is 0 Å². The number of rotatable bonds is 2. The number of benzene rings is 1. The number of amides is 3. The van der Waals surface area contributed by atoms with Gasteiger partial charge >= 0.3 is 12.2 Å². The molecule has 3 rings (SSSR count). The Hall–Kier alpha value is -2.62. The van der Waals surface area contributed by atoms with Crippen molar-refractivity contribution in [1.82, 2.24) is 9.88 Å². The summed E-state index contributed by atoms with van der Waals surface area (Å²) in [5.41, 5.74) is -0.380. The monoisotopic (exact) mass is 384 g/mol. The van der Waals surface area contributed by atoms with E-state index < -0.39 is 17.8 Å². The topological polar surface area (TPSA) is 74.3 Å². The zero-order valence-corrected chi connectivity index (χ0v) is 14.5. The van der Waals surface area contributed by atoms with Gasteiger partial charge in [-0.05, 0) is 12.1 Å². The summed E-state index contributed by atoms with van der Waals surface area (Å²) in [6.07, 6.45) is -4.08. The van der Waals surface area contributed by atoms with Gasteiger partial charge in [0.25, 0.3) is 0 Å². The number of anilines is 2. The van der Waals surface area contributed by atoms with Crippen LogP contribution in [0.15, 0.2) is 24.3 Å². The molecule has 0 spiro atoms. The normalized spacial score (nSPS) is 13.9. The molecule has 0 saturated heterocycles.